The van der Waals surface area contributed by atoms with Crippen LogP contribution in [0.15, 0.2) is 54.6 Å². The standard InChI is InChI=1S/C21H14Cl4N2O2/c1-11-2-7-18(26-20(28)14-5-3-12(22)9-16(14)24)19(8-11)27-21(29)15-6-4-13(23)10-17(15)25/h2-10H,1H3,(H,26,28)(H,27,29). The van der Waals surface area contributed by atoms with Gasteiger partial charge in [-0.2, -0.15) is 0 Å². The van der Waals surface area contributed by atoms with Crippen molar-refractivity contribution in [1.29, 1.82) is 0 Å². The number of rotatable bonds is 4. The molecule has 148 valence electrons. The highest BCUT2D eigenvalue weighted by Crippen LogP contribution is 2.28. The average molecular weight is 468 g/mol. The third-order valence-electron chi connectivity index (χ3n) is 4.02. The molecule has 0 saturated carbocycles. The number of anilines is 2. The maximum atomic E-state index is 12.7. The minimum Gasteiger partial charge on any atom is -0.320 e. The molecule has 3 aromatic carbocycles. The normalized spacial score (nSPS) is 10.5. The van der Waals surface area contributed by atoms with Gasteiger partial charge in [-0.25, -0.2) is 0 Å². The fraction of sp³-hybridized carbons (Fsp3) is 0.0476. The van der Waals surface area contributed by atoms with E-state index in [4.69, 9.17) is 46.4 Å². The molecule has 4 nitrogen and oxygen atoms in total. The average Bonchev–Trinajstić information content (AvgIpc) is 2.63. The van der Waals surface area contributed by atoms with Crippen molar-refractivity contribution in [3.63, 3.8) is 0 Å². The number of carbonyl (C=O) groups excluding carboxylic acids is 2. The fourth-order valence-corrected chi connectivity index (χ4v) is 3.59. The number of hydrogen-bond acceptors (Lipinski definition) is 2. The molecule has 0 radical (unpaired) electrons. The highest BCUT2D eigenvalue weighted by atomic mass is 35.5. The molecule has 3 rings (SSSR count). The van der Waals surface area contributed by atoms with Crippen LogP contribution in [0, 0.1) is 6.92 Å². The third-order valence-corrected chi connectivity index (χ3v) is 5.12. The van der Waals surface area contributed by atoms with Crippen LogP contribution >= 0.6 is 46.4 Å². The number of halogens is 4. The van der Waals surface area contributed by atoms with Crippen molar-refractivity contribution in [2.24, 2.45) is 0 Å². The second-order valence-corrected chi connectivity index (χ2v) is 7.89. The quantitative estimate of drug-likeness (QED) is 0.429. The lowest BCUT2D eigenvalue weighted by molar-refractivity contribution is 0.101. The molecule has 8 heteroatoms. The van der Waals surface area contributed by atoms with E-state index in [2.05, 4.69) is 10.6 Å². The zero-order chi connectivity index (χ0) is 21.1. The van der Waals surface area contributed by atoms with Crippen LogP contribution in [0.25, 0.3) is 0 Å². The zero-order valence-corrected chi connectivity index (χ0v) is 18.0. The van der Waals surface area contributed by atoms with Gasteiger partial charge in [0.1, 0.15) is 0 Å². The van der Waals surface area contributed by atoms with Gasteiger partial charge in [-0.15, -0.1) is 0 Å². The Hall–Kier alpha value is -2.24. The zero-order valence-electron chi connectivity index (χ0n) is 15.0. The fourth-order valence-electron chi connectivity index (χ4n) is 2.60. The van der Waals surface area contributed by atoms with E-state index in [-0.39, 0.29) is 21.2 Å². The van der Waals surface area contributed by atoms with E-state index in [1.54, 1.807) is 24.3 Å². The van der Waals surface area contributed by atoms with Crippen LogP contribution in [-0.4, -0.2) is 11.8 Å². The maximum Gasteiger partial charge on any atom is 0.257 e. The predicted octanol–water partition coefficient (Wildman–Crippen LogP) is 7.11. The van der Waals surface area contributed by atoms with Crippen LogP contribution in [0.1, 0.15) is 26.3 Å². The molecule has 0 spiro atoms. The molecule has 2 N–H and O–H groups in total. The van der Waals surface area contributed by atoms with Crippen molar-refractivity contribution in [2.45, 2.75) is 6.92 Å². The molecule has 29 heavy (non-hydrogen) atoms. The Bertz CT molecular complexity index is 1120. The van der Waals surface area contributed by atoms with Crippen molar-refractivity contribution in [3.05, 3.63) is 91.4 Å². The topological polar surface area (TPSA) is 58.2 Å². The van der Waals surface area contributed by atoms with Gasteiger partial charge in [0.05, 0.1) is 32.5 Å². The minimum atomic E-state index is -0.435. The van der Waals surface area contributed by atoms with Gasteiger partial charge in [-0.3, -0.25) is 9.59 Å². The Morgan fingerprint density at radius 2 is 1.14 bits per heavy atom. The van der Waals surface area contributed by atoms with Crippen molar-refractivity contribution in [3.8, 4) is 0 Å². The lowest BCUT2D eigenvalue weighted by Gasteiger charge is -2.14. The monoisotopic (exact) mass is 466 g/mol. The first-order chi connectivity index (χ1) is 13.7. The Morgan fingerprint density at radius 1 is 0.655 bits per heavy atom. The summed E-state index contributed by atoms with van der Waals surface area (Å²) in [6.07, 6.45) is 0. The SMILES string of the molecule is Cc1ccc(NC(=O)c2ccc(Cl)cc2Cl)c(NC(=O)c2ccc(Cl)cc2Cl)c1. The molecule has 2 amide bonds. The Morgan fingerprint density at radius 3 is 1.62 bits per heavy atom. The molecular formula is C21H14Cl4N2O2. The van der Waals surface area contributed by atoms with Gasteiger partial charge in [0, 0.05) is 10.0 Å². The summed E-state index contributed by atoms with van der Waals surface area (Å²) in [5.41, 5.74) is 2.24. The molecule has 0 saturated heterocycles. The number of hydrogen-bond donors (Lipinski definition) is 2. The van der Waals surface area contributed by atoms with Crippen LogP contribution in [0.5, 0.6) is 0 Å². The van der Waals surface area contributed by atoms with Gasteiger partial charge in [0.15, 0.2) is 0 Å². The summed E-state index contributed by atoms with van der Waals surface area (Å²) in [5.74, 6) is -0.868. The number of carbonyl (C=O) groups is 2. The summed E-state index contributed by atoms with van der Waals surface area (Å²) in [4.78, 5) is 25.3. The van der Waals surface area contributed by atoms with Gasteiger partial charge in [0.25, 0.3) is 11.8 Å². The van der Waals surface area contributed by atoms with Gasteiger partial charge in [-0.1, -0.05) is 52.5 Å². The molecule has 0 aliphatic heterocycles. The molecule has 0 atom stereocenters. The molecule has 0 unspecified atom stereocenters. The molecule has 0 heterocycles. The number of aryl methyl sites for hydroxylation is 1. The molecule has 0 aromatic heterocycles. The molecule has 0 aliphatic rings. The first kappa shape index (κ1) is 21.5. The largest absolute Gasteiger partial charge is 0.320 e. The highest BCUT2D eigenvalue weighted by molar-refractivity contribution is 6.38. The summed E-state index contributed by atoms with van der Waals surface area (Å²) in [7, 11) is 0. The van der Waals surface area contributed by atoms with E-state index in [0.717, 1.165) is 5.56 Å². The minimum absolute atomic E-state index is 0.223. The second-order valence-electron chi connectivity index (χ2n) is 6.21. The Kier molecular flexibility index (Phi) is 6.70. The van der Waals surface area contributed by atoms with Crippen LogP contribution in [-0.2, 0) is 0 Å². The lowest BCUT2D eigenvalue weighted by Crippen LogP contribution is -2.17. The van der Waals surface area contributed by atoms with Crippen LogP contribution in [0.2, 0.25) is 20.1 Å². The second kappa shape index (κ2) is 9.06. The summed E-state index contributed by atoms with van der Waals surface area (Å²) in [6, 6.07) is 14.4. The van der Waals surface area contributed by atoms with Crippen molar-refractivity contribution in [1.82, 2.24) is 0 Å². The third kappa shape index (κ3) is 5.22. The van der Waals surface area contributed by atoms with Crippen molar-refractivity contribution >= 4 is 69.6 Å². The molecule has 0 aliphatic carbocycles. The lowest BCUT2D eigenvalue weighted by atomic mass is 10.1. The number of benzene rings is 3. The van der Waals surface area contributed by atoms with Crippen LogP contribution in [0.4, 0.5) is 11.4 Å². The molecular weight excluding hydrogens is 454 g/mol. The van der Waals surface area contributed by atoms with E-state index >= 15 is 0 Å². The Balaban J connectivity index is 1.87. The molecule has 3 aromatic rings. The van der Waals surface area contributed by atoms with E-state index < -0.39 is 11.8 Å². The number of nitrogens with one attached hydrogen (secondary N) is 2. The van der Waals surface area contributed by atoms with E-state index in [1.807, 2.05) is 13.0 Å². The van der Waals surface area contributed by atoms with E-state index in [1.165, 1.54) is 24.3 Å². The summed E-state index contributed by atoms with van der Waals surface area (Å²) in [5, 5.41) is 6.83. The molecule has 0 bridgehead atoms. The van der Waals surface area contributed by atoms with Crippen LogP contribution in [0.3, 0.4) is 0 Å². The van der Waals surface area contributed by atoms with E-state index in [0.29, 0.717) is 21.4 Å². The van der Waals surface area contributed by atoms with Crippen molar-refractivity contribution < 1.29 is 9.59 Å². The predicted molar refractivity (Wildman–Crippen MR) is 120 cm³/mol. The summed E-state index contributed by atoms with van der Waals surface area (Å²) in [6.45, 7) is 1.87. The highest BCUT2D eigenvalue weighted by Gasteiger charge is 2.16. The van der Waals surface area contributed by atoms with Gasteiger partial charge >= 0.3 is 0 Å². The first-order valence-electron chi connectivity index (χ1n) is 8.38. The maximum absolute atomic E-state index is 12.7. The smallest absolute Gasteiger partial charge is 0.257 e. The number of amides is 2. The van der Waals surface area contributed by atoms with Gasteiger partial charge in [-0.05, 0) is 61.0 Å². The Labute approximate surface area is 187 Å². The van der Waals surface area contributed by atoms with Crippen molar-refractivity contribution in [2.75, 3.05) is 10.6 Å². The van der Waals surface area contributed by atoms with E-state index in [9.17, 15) is 9.59 Å². The van der Waals surface area contributed by atoms with Crippen LogP contribution < -0.4 is 10.6 Å². The summed E-state index contributed by atoms with van der Waals surface area (Å²) >= 11 is 24.0. The van der Waals surface area contributed by atoms with Gasteiger partial charge in [0.2, 0.25) is 0 Å². The van der Waals surface area contributed by atoms with Gasteiger partial charge < -0.3 is 10.6 Å². The first-order valence-corrected chi connectivity index (χ1v) is 9.89. The molecule has 0 fully saturated rings. The summed E-state index contributed by atoms with van der Waals surface area (Å²) < 4.78 is 0.